The first-order valence-electron chi connectivity index (χ1n) is 7.89. The molecule has 0 radical (unpaired) electrons. The van der Waals surface area contributed by atoms with Crippen LogP contribution in [0.2, 0.25) is 5.02 Å². The second-order valence-corrected chi connectivity index (χ2v) is 5.74. The number of nitrogens with zero attached hydrogens (tertiary/aromatic N) is 1. The highest BCUT2D eigenvalue weighted by Crippen LogP contribution is 2.23. The molecule has 0 aromatic heterocycles. The van der Waals surface area contributed by atoms with E-state index in [2.05, 4.69) is 13.2 Å². The van der Waals surface area contributed by atoms with E-state index in [0.717, 1.165) is 6.08 Å². The van der Waals surface area contributed by atoms with Crippen LogP contribution in [0.5, 0.6) is 5.75 Å². The molecule has 7 nitrogen and oxygen atoms in total. The minimum atomic E-state index is -0.511. The number of non-ortho nitro benzene ring substituents is 1. The molecule has 8 heteroatoms. The fraction of sp³-hybridized carbons (Fsp3) is 0.100. The molecule has 0 aliphatic carbocycles. The lowest BCUT2D eigenvalue weighted by atomic mass is 10.2. The number of hydrogen-bond acceptors (Lipinski definition) is 6. The molecule has 0 N–H and O–H groups in total. The highest BCUT2D eigenvalue weighted by atomic mass is 35.5. The quantitative estimate of drug-likeness (QED) is 0.229. The van der Waals surface area contributed by atoms with Crippen molar-refractivity contribution in [2.24, 2.45) is 0 Å². The normalized spacial score (nSPS) is 9.36. The van der Waals surface area contributed by atoms with Gasteiger partial charge in [0, 0.05) is 23.8 Å². The Hall–Kier alpha value is -3.45. The number of rotatable bonds is 6. The average Bonchev–Trinajstić information content (AvgIpc) is 2.68. The fourth-order valence-corrected chi connectivity index (χ4v) is 1.84. The van der Waals surface area contributed by atoms with Crippen LogP contribution in [0.4, 0.5) is 5.69 Å². The van der Waals surface area contributed by atoms with Crippen LogP contribution in [-0.2, 0) is 20.9 Å². The number of nitro benzene ring substituents is 1. The minimum absolute atomic E-state index is 0.00924. The van der Waals surface area contributed by atoms with E-state index in [9.17, 15) is 19.7 Å². The Kier molecular flexibility index (Phi) is 9.12. The topological polar surface area (TPSA) is 95.7 Å². The Morgan fingerprint density at radius 1 is 1.18 bits per heavy atom. The number of nitro groups is 1. The van der Waals surface area contributed by atoms with Gasteiger partial charge in [0.15, 0.2) is 0 Å². The van der Waals surface area contributed by atoms with Gasteiger partial charge in [-0.1, -0.05) is 36.9 Å². The van der Waals surface area contributed by atoms with E-state index in [1.54, 1.807) is 43.3 Å². The first-order chi connectivity index (χ1) is 13.2. The molecular weight excluding hydrogens is 386 g/mol. The summed E-state index contributed by atoms with van der Waals surface area (Å²) >= 11 is 5.71. The SMILES string of the molecule is C=C(C)C(=O)OCc1ccc([N+](=O)[O-])cc1.C=CC(=O)Oc1ccccc1Cl. The predicted octanol–water partition coefficient (Wildman–Crippen LogP) is 4.65. The molecule has 2 aromatic rings. The van der Waals surface area contributed by atoms with Gasteiger partial charge in [-0.3, -0.25) is 10.1 Å². The molecule has 0 unspecified atom stereocenters. The maximum Gasteiger partial charge on any atom is 0.335 e. The number of esters is 2. The number of ether oxygens (including phenoxy) is 2. The Balaban J connectivity index is 0.000000292. The third-order valence-electron chi connectivity index (χ3n) is 3.08. The molecule has 146 valence electrons. The molecule has 28 heavy (non-hydrogen) atoms. The van der Waals surface area contributed by atoms with Gasteiger partial charge in [-0.15, -0.1) is 0 Å². The van der Waals surface area contributed by atoms with Gasteiger partial charge in [0.05, 0.1) is 9.95 Å². The van der Waals surface area contributed by atoms with Crippen LogP contribution >= 0.6 is 11.6 Å². The van der Waals surface area contributed by atoms with Crippen molar-refractivity contribution in [1.29, 1.82) is 0 Å². The molecular formula is C20H18ClNO6. The zero-order valence-corrected chi connectivity index (χ0v) is 15.8. The first kappa shape index (κ1) is 22.6. The molecule has 0 spiro atoms. The minimum Gasteiger partial charge on any atom is -0.457 e. The smallest absolute Gasteiger partial charge is 0.335 e. The maximum absolute atomic E-state index is 11.1. The molecule has 0 amide bonds. The van der Waals surface area contributed by atoms with Gasteiger partial charge in [-0.2, -0.15) is 0 Å². The van der Waals surface area contributed by atoms with Crippen molar-refractivity contribution in [1.82, 2.24) is 0 Å². The van der Waals surface area contributed by atoms with E-state index < -0.39 is 16.9 Å². The first-order valence-corrected chi connectivity index (χ1v) is 8.27. The lowest BCUT2D eigenvalue weighted by Crippen LogP contribution is -2.04. The monoisotopic (exact) mass is 403 g/mol. The molecule has 0 aliphatic heterocycles. The van der Waals surface area contributed by atoms with Crippen LogP contribution < -0.4 is 4.74 Å². The van der Waals surface area contributed by atoms with Crippen LogP contribution in [0.1, 0.15) is 12.5 Å². The van der Waals surface area contributed by atoms with Crippen LogP contribution in [0.15, 0.2) is 73.3 Å². The molecule has 0 heterocycles. The van der Waals surface area contributed by atoms with Gasteiger partial charge in [-0.05, 0) is 36.8 Å². The third kappa shape index (κ3) is 7.84. The van der Waals surface area contributed by atoms with Gasteiger partial charge in [0.25, 0.3) is 5.69 Å². The molecule has 0 bridgehead atoms. The molecule has 2 aromatic carbocycles. The van der Waals surface area contributed by atoms with Crippen molar-refractivity contribution in [2.75, 3.05) is 0 Å². The van der Waals surface area contributed by atoms with Gasteiger partial charge in [-0.25, -0.2) is 9.59 Å². The van der Waals surface area contributed by atoms with E-state index in [0.29, 0.717) is 21.9 Å². The molecule has 0 saturated heterocycles. The molecule has 0 aliphatic rings. The number of halogens is 1. The number of hydrogen-bond donors (Lipinski definition) is 0. The summed E-state index contributed by atoms with van der Waals surface area (Å²) in [6.45, 7) is 8.35. The number of benzene rings is 2. The molecule has 2 rings (SSSR count). The van der Waals surface area contributed by atoms with Crippen LogP contribution in [0, 0.1) is 10.1 Å². The van der Waals surface area contributed by atoms with Crippen molar-refractivity contribution in [2.45, 2.75) is 13.5 Å². The molecule has 0 saturated carbocycles. The van der Waals surface area contributed by atoms with Crippen molar-refractivity contribution >= 4 is 29.2 Å². The molecule has 0 fully saturated rings. The van der Waals surface area contributed by atoms with Gasteiger partial charge >= 0.3 is 11.9 Å². The second-order valence-electron chi connectivity index (χ2n) is 5.34. The standard InChI is InChI=1S/C11H11NO4.C9H7ClO2/c1-8(2)11(13)16-7-9-3-5-10(6-4-9)12(14)15;1-2-9(11)12-8-6-4-3-5-7(8)10/h3-6H,1,7H2,2H3;2-6H,1H2. The Morgan fingerprint density at radius 3 is 2.29 bits per heavy atom. The number of carbonyl (C=O) groups is 2. The number of para-hydroxylation sites is 1. The Labute approximate surface area is 167 Å². The van der Waals surface area contributed by atoms with E-state index in [4.69, 9.17) is 21.1 Å². The van der Waals surface area contributed by atoms with E-state index in [1.807, 2.05) is 0 Å². The summed E-state index contributed by atoms with van der Waals surface area (Å²) in [5, 5.41) is 10.8. The summed E-state index contributed by atoms with van der Waals surface area (Å²) in [7, 11) is 0. The van der Waals surface area contributed by atoms with Gasteiger partial charge < -0.3 is 9.47 Å². The summed E-state index contributed by atoms with van der Waals surface area (Å²) < 4.78 is 9.69. The van der Waals surface area contributed by atoms with Crippen molar-refractivity contribution in [3.8, 4) is 5.75 Å². The zero-order valence-electron chi connectivity index (χ0n) is 15.1. The number of carbonyl (C=O) groups excluding carboxylic acids is 2. The third-order valence-corrected chi connectivity index (χ3v) is 3.39. The average molecular weight is 404 g/mol. The largest absolute Gasteiger partial charge is 0.457 e. The van der Waals surface area contributed by atoms with Crippen molar-refractivity contribution in [3.05, 3.63) is 94.0 Å². The lowest BCUT2D eigenvalue weighted by molar-refractivity contribution is -0.384. The fourth-order valence-electron chi connectivity index (χ4n) is 1.66. The second kappa shape index (κ2) is 11.3. The van der Waals surface area contributed by atoms with E-state index >= 15 is 0 Å². The Morgan fingerprint density at radius 2 is 1.79 bits per heavy atom. The molecule has 0 atom stereocenters. The van der Waals surface area contributed by atoms with Gasteiger partial charge in [0.2, 0.25) is 0 Å². The summed E-state index contributed by atoms with van der Waals surface area (Å²) in [6, 6.07) is 12.6. The summed E-state index contributed by atoms with van der Waals surface area (Å²) in [6.07, 6.45) is 1.09. The van der Waals surface area contributed by atoms with Crippen molar-refractivity contribution in [3.63, 3.8) is 0 Å². The Bertz CT molecular complexity index is 877. The van der Waals surface area contributed by atoms with Crippen LogP contribution in [0.25, 0.3) is 0 Å². The van der Waals surface area contributed by atoms with Crippen LogP contribution in [0.3, 0.4) is 0 Å². The summed E-state index contributed by atoms with van der Waals surface area (Å²) in [5.74, 6) is -0.634. The van der Waals surface area contributed by atoms with Crippen molar-refractivity contribution < 1.29 is 24.0 Å². The van der Waals surface area contributed by atoms with Crippen LogP contribution in [-0.4, -0.2) is 16.9 Å². The highest BCUT2D eigenvalue weighted by Gasteiger charge is 2.06. The predicted molar refractivity (Wildman–Crippen MR) is 105 cm³/mol. The highest BCUT2D eigenvalue weighted by molar-refractivity contribution is 6.32. The lowest BCUT2D eigenvalue weighted by Gasteiger charge is -2.03. The summed E-state index contributed by atoms with van der Waals surface area (Å²) in [5.41, 5.74) is 1.03. The zero-order chi connectivity index (χ0) is 21.1. The van der Waals surface area contributed by atoms with Gasteiger partial charge in [0.1, 0.15) is 12.4 Å². The maximum atomic E-state index is 11.1. The summed E-state index contributed by atoms with van der Waals surface area (Å²) in [4.78, 5) is 31.7. The van der Waals surface area contributed by atoms with E-state index in [1.165, 1.54) is 12.1 Å². The van der Waals surface area contributed by atoms with E-state index in [-0.39, 0.29) is 12.3 Å².